The van der Waals surface area contributed by atoms with E-state index in [1.807, 2.05) is 0 Å². The Balaban J connectivity index is 2.18. The summed E-state index contributed by atoms with van der Waals surface area (Å²) < 4.78 is 10.4. The first-order valence-corrected chi connectivity index (χ1v) is 10.5. The standard InChI is InChI=1S/C20H31N5O7/c1-10(2)13(15(26)17-23-24(5)20(30)32-17)21-16(27)12-8-7-9-25(12)18(28)14(11(3)4)22-19(29)31-6/h10-14H,7-9H2,1-6H3,(H,21,27)(H,22,29)/t12-,13-,14-/m0/s1. The number of hydrogen-bond acceptors (Lipinski definition) is 8. The van der Waals surface area contributed by atoms with Crippen LogP contribution in [0, 0.1) is 11.8 Å². The summed E-state index contributed by atoms with van der Waals surface area (Å²) in [5, 5.41) is 8.96. The van der Waals surface area contributed by atoms with Crippen LogP contribution in [0.15, 0.2) is 9.21 Å². The van der Waals surface area contributed by atoms with Crippen molar-refractivity contribution in [2.24, 2.45) is 18.9 Å². The number of ketones is 1. The van der Waals surface area contributed by atoms with Crippen LogP contribution in [-0.4, -0.2) is 70.2 Å². The van der Waals surface area contributed by atoms with Gasteiger partial charge in [0.2, 0.25) is 17.6 Å². The van der Waals surface area contributed by atoms with E-state index in [0.29, 0.717) is 19.4 Å². The summed E-state index contributed by atoms with van der Waals surface area (Å²) in [6, 6.07) is -2.65. The SMILES string of the molecule is COC(=O)N[C@H](C(=O)N1CCC[C@H]1C(=O)N[C@H](C(=O)c1nn(C)c(=O)o1)C(C)C)C(C)C. The largest absolute Gasteiger partial charge is 0.453 e. The Morgan fingerprint density at radius 1 is 1.09 bits per heavy atom. The van der Waals surface area contributed by atoms with Gasteiger partial charge >= 0.3 is 11.8 Å². The lowest BCUT2D eigenvalue weighted by Crippen LogP contribution is -2.57. The van der Waals surface area contributed by atoms with Crippen molar-refractivity contribution in [1.82, 2.24) is 25.3 Å². The summed E-state index contributed by atoms with van der Waals surface area (Å²) >= 11 is 0. The van der Waals surface area contributed by atoms with Crippen LogP contribution >= 0.6 is 0 Å². The fourth-order valence-corrected chi connectivity index (χ4v) is 3.54. The second kappa shape index (κ2) is 10.4. The van der Waals surface area contributed by atoms with Crippen molar-refractivity contribution in [3.63, 3.8) is 0 Å². The maximum atomic E-state index is 13.1. The first-order chi connectivity index (χ1) is 15.0. The number of likely N-dealkylation sites (tertiary alicyclic amines) is 1. The molecule has 2 N–H and O–H groups in total. The smallest absolute Gasteiger partial charge is 0.437 e. The molecule has 0 aromatic carbocycles. The number of nitrogens with zero attached hydrogens (tertiary/aromatic N) is 3. The van der Waals surface area contributed by atoms with Gasteiger partial charge in [-0.1, -0.05) is 27.7 Å². The van der Waals surface area contributed by atoms with Crippen molar-refractivity contribution in [3.8, 4) is 0 Å². The average Bonchev–Trinajstić information content (AvgIpc) is 3.35. The van der Waals surface area contributed by atoms with E-state index < -0.39 is 53.5 Å². The second-order valence-corrected chi connectivity index (χ2v) is 8.44. The van der Waals surface area contributed by atoms with E-state index in [2.05, 4.69) is 20.5 Å². The summed E-state index contributed by atoms with van der Waals surface area (Å²) in [4.78, 5) is 63.6. The summed E-state index contributed by atoms with van der Waals surface area (Å²) in [5.74, 6) is -3.26. The van der Waals surface area contributed by atoms with E-state index in [1.165, 1.54) is 19.1 Å². The molecule has 12 nitrogen and oxygen atoms in total. The van der Waals surface area contributed by atoms with Gasteiger partial charge in [0.15, 0.2) is 0 Å². The maximum Gasteiger partial charge on any atom is 0.437 e. The van der Waals surface area contributed by atoms with Crippen LogP contribution in [0.5, 0.6) is 0 Å². The molecule has 3 amide bonds. The van der Waals surface area contributed by atoms with Crippen molar-refractivity contribution in [3.05, 3.63) is 16.4 Å². The number of rotatable bonds is 8. The second-order valence-electron chi connectivity index (χ2n) is 8.44. The molecule has 0 bridgehead atoms. The average molecular weight is 453 g/mol. The molecule has 1 aliphatic heterocycles. The van der Waals surface area contributed by atoms with Crippen molar-refractivity contribution >= 4 is 23.7 Å². The van der Waals surface area contributed by atoms with Gasteiger partial charge in [-0.15, -0.1) is 5.10 Å². The van der Waals surface area contributed by atoms with Crippen LogP contribution in [0.25, 0.3) is 0 Å². The van der Waals surface area contributed by atoms with Gasteiger partial charge in [-0.25, -0.2) is 9.59 Å². The summed E-state index contributed by atoms with van der Waals surface area (Å²) in [6.45, 7) is 7.36. The Kier molecular flexibility index (Phi) is 8.17. The number of methoxy groups -OCH3 is 1. The predicted molar refractivity (Wildman–Crippen MR) is 112 cm³/mol. The number of hydrogen-bond donors (Lipinski definition) is 2. The Labute approximate surface area is 185 Å². The molecule has 0 spiro atoms. The van der Waals surface area contributed by atoms with Gasteiger partial charge in [0.05, 0.1) is 13.2 Å². The molecule has 2 rings (SSSR count). The van der Waals surface area contributed by atoms with E-state index in [1.54, 1.807) is 27.7 Å². The molecule has 1 saturated heterocycles. The number of nitrogens with one attached hydrogen (secondary N) is 2. The Hall–Kier alpha value is -3.18. The van der Waals surface area contributed by atoms with Crippen LogP contribution in [0.1, 0.15) is 51.2 Å². The molecule has 0 aliphatic carbocycles. The lowest BCUT2D eigenvalue weighted by Gasteiger charge is -2.31. The lowest BCUT2D eigenvalue weighted by atomic mass is 9.98. The molecule has 1 aromatic rings. The molecule has 1 aliphatic rings. The molecule has 1 aromatic heterocycles. The molecule has 0 saturated carbocycles. The molecular formula is C20H31N5O7. The number of amides is 3. The number of alkyl carbamates (subject to hydrolysis) is 1. The first-order valence-electron chi connectivity index (χ1n) is 10.5. The highest BCUT2D eigenvalue weighted by Gasteiger charge is 2.40. The van der Waals surface area contributed by atoms with Gasteiger partial charge in [0.25, 0.3) is 5.89 Å². The van der Waals surface area contributed by atoms with E-state index in [9.17, 15) is 24.0 Å². The minimum atomic E-state index is -0.993. The number of aryl methyl sites for hydroxylation is 1. The van der Waals surface area contributed by atoms with Crippen LogP contribution in [0.2, 0.25) is 0 Å². The number of carbonyl (C=O) groups is 4. The van der Waals surface area contributed by atoms with Crippen molar-refractivity contribution in [2.45, 2.75) is 58.7 Å². The minimum Gasteiger partial charge on any atom is -0.453 e. The molecule has 32 heavy (non-hydrogen) atoms. The molecule has 2 heterocycles. The quantitative estimate of drug-likeness (QED) is 0.524. The predicted octanol–water partition coefficient (Wildman–Crippen LogP) is 0.0684. The van der Waals surface area contributed by atoms with Gasteiger partial charge in [0.1, 0.15) is 12.1 Å². The highest BCUT2D eigenvalue weighted by atomic mass is 16.5. The zero-order chi connectivity index (χ0) is 24.2. The van der Waals surface area contributed by atoms with Crippen LogP contribution in [-0.2, 0) is 21.4 Å². The maximum absolute atomic E-state index is 13.1. The topological polar surface area (TPSA) is 153 Å². The molecule has 0 unspecified atom stereocenters. The molecule has 178 valence electrons. The fraction of sp³-hybridized carbons (Fsp3) is 0.700. The third-order valence-electron chi connectivity index (χ3n) is 5.38. The molecule has 12 heteroatoms. The summed E-state index contributed by atoms with van der Waals surface area (Å²) in [7, 11) is 2.55. The van der Waals surface area contributed by atoms with Crippen molar-refractivity contribution in [2.75, 3.05) is 13.7 Å². The fourth-order valence-electron chi connectivity index (χ4n) is 3.54. The van der Waals surface area contributed by atoms with Gasteiger partial charge in [-0.3, -0.25) is 14.4 Å². The molecular weight excluding hydrogens is 422 g/mol. The number of carbonyl (C=O) groups excluding carboxylic acids is 4. The highest BCUT2D eigenvalue weighted by molar-refractivity contribution is 6.00. The zero-order valence-corrected chi connectivity index (χ0v) is 19.2. The third kappa shape index (κ3) is 5.54. The van der Waals surface area contributed by atoms with Gasteiger partial charge in [-0.05, 0) is 24.7 Å². The molecule has 1 fully saturated rings. The van der Waals surface area contributed by atoms with E-state index >= 15 is 0 Å². The minimum absolute atomic E-state index is 0.233. The van der Waals surface area contributed by atoms with Gasteiger partial charge < -0.3 is 24.7 Å². The van der Waals surface area contributed by atoms with Gasteiger partial charge in [-0.2, -0.15) is 4.68 Å². The summed E-state index contributed by atoms with van der Waals surface area (Å²) in [5.41, 5.74) is 0. The molecule has 0 radical (unpaired) electrons. The number of aromatic nitrogens is 2. The lowest BCUT2D eigenvalue weighted by molar-refractivity contribution is -0.141. The van der Waals surface area contributed by atoms with E-state index in [0.717, 1.165) is 4.68 Å². The number of Topliss-reactive ketones (excluding diaryl/α,β-unsaturated/α-hetero) is 1. The van der Waals surface area contributed by atoms with Crippen LogP contribution in [0.3, 0.4) is 0 Å². The van der Waals surface area contributed by atoms with Crippen molar-refractivity contribution in [1.29, 1.82) is 0 Å². The first kappa shape index (κ1) is 25.1. The van der Waals surface area contributed by atoms with Gasteiger partial charge in [0, 0.05) is 13.6 Å². The van der Waals surface area contributed by atoms with E-state index in [-0.39, 0.29) is 11.8 Å². The number of ether oxygens (including phenoxy) is 1. The Morgan fingerprint density at radius 2 is 1.72 bits per heavy atom. The highest BCUT2D eigenvalue weighted by Crippen LogP contribution is 2.21. The van der Waals surface area contributed by atoms with Crippen LogP contribution in [0.4, 0.5) is 4.79 Å². The summed E-state index contributed by atoms with van der Waals surface area (Å²) in [6.07, 6.45) is 0.278. The normalized spacial score (nSPS) is 17.9. The van der Waals surface area contributed by atoms with Crippen LogP contribution < -0.4 is 16.4 Å². The Morgan fingerprint density at radius 3 is 2.22 bits per heavy atom. The monoisotopic (exact) mass is 453 g/mol. The zero-order valence-electron chi connectivity index (χ0n) is 19.2. The van der Waals surface area contributed by atoms with E-state index in [4.69, 9.17) is 4.42 Å². The molecule has 3 atom stereocenters. The van der Waals surface area contributed by atoms with Crippen molar-refractivity contribution < 1.29 is 28.3 Å². The Bertz CT molecular complexity index is 920. The third-order valence-corrected chi connectivity index (χ3v) is 5.38.